The molecule has 0 aromatic heterocycles. The molecule has 0 bridgehead atoms. The molecule has 4 nitrogen and oxygen atoms in total. The Balaban J connectivity index is 2.49. The Morgan fingerprint density at radius 1 is 1.25 bits per heavy atom. The highest BCUT2D eigenvalue weighted by atomic mass is 32.2. The molecule has 0 saturated carbocycles. The fourth-order valence-corrected chi connectivity index (χ4v) is 2.54. The van der Waals surface area contributed by atoms with Crippen LogP contribution in [-0.4, -0.2) is 34.2 Å². The molecule has 0 aliphatic carbocycles. The van der Waals surface area contributed by atoms with Crippen LogP contribution < -0.4 is 0 Å². The van der Waals surface area contributed by atoms with Crippen LogP contribution in [0.3, 0.4) is 0 Å². The van der Waals surface area contributed by atoms with Crippen LogP contribution in [0.15, 0.2) is 30.3 Å². The monoisotopic (exact) mass is 296 g/mol. The van der Waals surface area contributed by atoms with E-state index in [-0.39, 0.29) is 11.7 Å². The SMILES string of the molecule is CC(C)(C)OC(=O)CSCC(C(=O)O)c1ccccc1. The number of ether oxygens (including phenoxy) is 1. The molecule has 0 aliphatic rings. The molecule has 0 amide bonds. The molecule has 1 aromatic carbocycles. The molecule has 20 heavy (non-hydrogen) atoms. The average Bonchev–Trinajstić information content (AvgIpc) is 2.33. The van der Waals surface area contributed by atoms with E-state index in [1.54, 1.807) is 32.9 Å². The van der Waals surface area contributed by atoms with Gasteiger partial charge in [-0.15, -0.1) is 11.8 Å². The van der Waals surface area contributed by atoms with Crippen molar-refractivity contribution in [2.45, 2.75) is 32.3 Å². The molecule has 0 heterocycles. The summed E-state index contributed by atoms with van der Waals surface area (Å²) in [4.78, 5) is 22.8. The van der Waals surface area contributed by atoms with Gasteiger partial charge in [0.25, 0.3) is 0 Å². The number of carbonyl (C=O) groups is 2. The van der Waals surface area contributed by atoms with Gasteiger partial charge >= 0.3 is 11.9 Å². The smallest absolute Gasteiger partial charge is 0.316 e. The Kier molecular flexibility index (Phi) is 6.07. The molecule has 1 aromatic rings. The normalized spacial score (nSPS) is 12.8. The van der Waals surface area contributed by atoms with Gasteiger partial charge in [0.05, 0.1) is 11.7 Å². The van der Waals surface area contributed by atoms with Gasteiger partial charge in [-0.2, -0.15) is 0 Å². The maximum Gasteiger partial charge on any atom is 0.316 e. The number of esters is 1. The topological polar surface area (TPSA) is 63.6 Å². The summed E-state index contributed by atoms with van der Waals surface area (Å²) in [6, 6.07) is 9.03. The second-order valence-corrected chi connectivity index (χ2v) is 6.43. The fraction of sp³-hybridized carbons (Fsp3) is 0.467. The standard InChI is InChI=1S/C15H20O4S/c1-15(2,3)19-13(16)10-20-9-12(14(17)18)11-7-5-4-6-8-11/h4-8,12H,9-10H2,1-3H3,(H,17,18). The summed E-state index contributed by atoms with van der Waals surface area (Å²) in [5.41, 5.74) is 0.236. The molecule has 0 fully saturated rings. The lowest BCUT2D eigenvalue weighted by molar-refractivity contribution is -0.151. The van der Waals surface area contributed by atoms with Crippen LogP contribution in [0, 0.1) is 0 Å². The maximum atomic E-state index is 11.6. The lowest BCUT2D eigenvalue weighted by Gasteiger charge is -2.19. The molecule has 0 aliphatic heterocycles. The zero-order valence-corrected chi connectivity index (χ0v) is 12.8. The lowest BCUT2D eigenvalue weighted by atomic mass is 10.0. The van der Waals surface area contributed by atoms with Crippen molar-refractivity contribution in [2.24, 2.45) is 0 Å². The van der Waals surface area contributed by atoms with Gasteiger partial charge in [-0.1, -0.05) is 30.3 Å². The van der Waals surface area contributed by atoms with E-state index in [2.05, 4.69) is 0 Å². The number of rotatable bonds is 6. The van der Waals surface area contributed by atoms with Gasteiger partial charge in [0, 0.05) is 5.75 Å². The van der Waals surface area contributed by atoms with Crippen LogP contribution in [0.2, 0.25) is 0 Å². The highest BCUT2D eigenvalue weighted by molar-refractivity contribution is 8.00. The first-order valence-electron chi connectivity index (χ1n) is 6.37. The van der Waals surface area contributed by atoms with Crippen LogP contribution in [0.1, 0.15) is 32.3 Å². The predicted octanol–water partition coefficient (Wildman–Crippen LogP) is 2.93. The number of carbonyl (C=O) groups excluding carboxylic acids is 1. The molecule has 0 saturated heterocycles. The Morgan fingerprint density at radius 2 is 1.85 bits per heavy atom. The number of aliphatic carboxylic acids is 1. The average molecular weight is 296 g/mol. The summed E-state index contributed by atoms with van der Waals surface area (Å²) >= 11 is 1.28. The van der Waals surface area contributed by atoms with Crippen LogP contribution in [0.5, 0.6) is 0 Å². The first kappa shape index (κ1) is 16.6. The molecule has 110 valence electrons. The van der Waals surface area contributed by atoms with Crippen LogP contribution in [0.25, 0.3) is 0 Å². The summed E-state index contributed by atoms with van der Waals surface area (Å²) in [6.45, 7) is 5.42. The fourth-order valence-electron chi connectivity index (χ4n) is 1.63. The van der Waals surface area contributed by atoms with Crippen molar-refractivity contribution in [3.8, 4) is 0 Å². The van der Waals surface area contributed by atoms with Gasteiger partial charge in [-0.3, -0.25) is 9.59 Å². The summed E-state index contributed by atoms with van der Waals surface area (Å²) < 4.78 is 5.18. The molecular formula is C15H20O4S. The van der Waals surface area contributed by atoms with Crippen molar-refractivity contribution >= 4 is 23.7 Å². The van der Waals surface area contributed by atoms with Gasteiger partial charge < -0.3 is 9.84 Å². The minimum atomic E-state index is -0.882. The van der Waals surface area contributed by atoms with Crippen LogP contribution in [0.4, 0.5) is 0 Å². The second kappa shape index (κ2) is 7.33. The first-order valence-corrected chi connectivity index (χ1v) is 7.52. The molecule has 5 heteroatoms. The molecule has 0 radical (unpaired) electrons. The van der Waals surface area contributed by atoms with E-state index in [4.69, 9.17) is 4.74 Å². The molecule has 1 unspecified atom stereocenters. The Bertz CT molecular complexity index is 451. The Hall–Kier alpha value is -1.49. The van der Waals surface area contributed by atoms with E-state index < -0.39 is 17.5 Å². The van der Waals surface area contributed by atoms with E-state index in [0.29, 0.717) is 5.75 Å². The minimum absolute atomic E-state index is 0.161. The van der Waals surface area contributed by atoms with Crippen molar-refractivity contribution in [3.05, 3.63) is 35.9 Å². The molecule has 1 N–H and O–H groups in total. The number of hydrogen-bond donors (Lipinski definition) is 1. The number of carboxylic acids is 1. The van der Waals surface area contributed by atoms with Crippen molar-refractivity contribution in [3.63, 3.8) is 0 Å². The van der Waals surface area contributed by atoms with Crippen molar-refractivity contribution in [2.75, 3.05) is 11.5 Å². The van der Waals surface area contributed by atoms with E-state index >= 15 is 0 Å². The van der Waals surface area contributed by atoms with Gasteiger partial charge in [-0.05, 0) is 26.3 Å². The lowest BCUT2D eigenvalue weighted by Crippen LogP contribution is -2.25. The minimum Gasteiger partial charge on any atom is -0.481 e. The number of hydrogen-bond acceptors (Lipinski definition) is 4. The molecule has 0 spiro atoms. The summed E-state index contributed by atoms with van der Waals surface area (Å²) in [5, 5.41) is 9.25. The van der Waals surface area contributed by atoms with E-state index in [1.165, 1.54) is 11.8 Å². The highest BCUT2D eigenvalue weighted by Gasteiger charge is 2.21. The summed E-state index contributed by atoms with van der Waals surface area (Å²) in [7, 11) is 0. The van der Waals surface area contributed by atoms with Gasteiger partial charge in [0.15, 0.2) is 0 Å². The van der Waals surface area contributed by atoms with E-state index in [1.807, 2.05) is 18.2 Å². The molecule has 1 atom stereocenters. The molecule has 1 rings (SSSR count). The number of thioether (sulfide) groups is 1. The Morgan fingerprint density at radius 3 is 2.35 bits per heavy atom. The second-order valence-electron chi connectivity index (χ2n) is 5.40. The highest BCUT2D eigenvalue weighted by Crippen LogP contribution is 2.21. The van der Waals surface area contributed by atoms with Crippen molar-refractivity contribution in [1.82, 2.24) is 0 Å². The van der Waals surface area contributed by atoms with Gasteiger partial charge in [-0.25, -0.2) is 0 Å². The van der Waals surface area contributed by atoms with Crippen LogP contribution >= 0.6 is 11.8 Å². The largest absolute Gasteiger partial charge is 0.481 e. The summed E-state index contributed by atoms with van der Waals surface area (Å²) in [5.74, 6) is -1.30. The van der Waals surface area contributed by atoms with Crippen molar-refractivity contribution in [1.29, 1.82) is 0 Å². The zero-order valence-electron chi connectivity index (χ0n) is 12.0. The van der Waals surface area contributed by atoms with Crippen molar-refractivity contribution < 1.29 is 19.4 Å². The number of carboxylic acid groups (broad SMARTS) is 1. The third-order valence-corrected chi connectivity index (χ3v) is 3.43. The third-order valence-electron chi connectivity index (χ3n) is 2.42. The quantitative estimate of drug-likeness (QED) is 0.818. The first-order chi connectivity index (χ1) is 9.29. The van der Waals surface area contributed by atoms with Crippen LogP contribution in [-0.2, 0) is 14.3 Å². The van der Waals surface area contributed by atoms with E-state index in [9.17, 15) is 14.7 Å². The van der Waals surface area contributed by atoms with E-state index in [0.717, 1.165) is 5.56 Å². The van der Waals surface area contributed by atoms with Gasteiger partial charge in [0.1, 0.15) is 5.60 Å². The maximum absolute atomic E-state index is 11.6. The predicted molar refractivity (Wildman–Crippen MR) is 80.0 cm³/mol. The number of benzene rings is 1. The Labute approximate surface area is 123 Å². The molecular weight excluding hydrogens is 276 g/mol. The zero-order chi connectivity index (χ0) is 15.2. The summed E-state index contributed by atoms with van der Waals surface area (Å²) in [6.07, 6.45) is 0. The third kappa shape index (κ3) is 6.10. The van der Waals surface area contributed by atoms with Gasteiger partial charge in [0.2, 0.25) is 0 Å².